The smallest absolute Gasteiger partial charge is 0.419 e. The number of aromatic nitrogens is 3. The molecule has 0 saturated carbocycles. The van der Waals surface area contributed by atoms with Crippen molar-refractivity contribution < 1.29 is 13.6 Å². The Kier molecular flexibility index (Phi) is 4.52. The van der Waals surface area contributed by atoms with Gasteiger partial charge in [-0.2, -0.15) is 0 Å². The van der Waals surface area contributed by atoms with Crippen LogP contribution in [0.15, 0.2) is 62.2 Å². The van der Waals surface area contributed by atoms with Crippen molar-refractivity contribution in [2.24, 2.45) is 7.05 Å². The Bertz CT molecular complexity index is 1190. The standard InChI is InChI=1S/C20H18N4O4/c1-12-22-23-19(27-12)15(13-6-4-3-5-7-13)11-18(25)21-14-8-9-17-16(10-14)24(2)20(26)28-17/h3-10,15H,11H2,1-2H3,(H,21,25). The molecule has 0 bridgehead atoms. The van der Waals surface area contributed by atoms with Gasteiger partial charge in [0, 0.05) is 26.1 Å². The number of hydrogen-bond donors (Lipinski definition) is 1. The molecule has 1 amide bonds. The summed E-state index contributed by atoms with van der Waals surface area (Å²) in [7, 11) is 1.61. The first-order chi connectivity index (χ1) is 13.5. The first-order valence-electron chi connectivity index (χ1n) is 8.75. The van der Waals surface area contributed by atoms with Crippen LogP contribution in [0.1, 0.15) is 29.7 Å². The number of carbonyl (C=O) groups is 1. The molecule has 2 aromatic heterocycles. The monoisotopic (exact) mass is 378 g/mol. The number of anilines is 1. The molecule has 0 saturated heterocycles. The van der Waals surface area contributed by atoms with Crippen LogP contribution in [-0.2, 0) is 11.8 Å². The summed E-state index contributed by atoms with van der Waals surface area (Å²) < 4.78 is 12.1. The van der Waals surface area contributed by atoms with Gasteiger partial charge in [0.2, 0.25) is 17.7 Å². The number of fused-ring (bicyclic) bond motifs is 1. The molecule has 8 heteroatoms. The van der Waals surface area contributed by atoms with Crippen molar-refractivity contribution in [3.63, 3.8) is 0 Å². The average Bonchev–Trinajstić information content (AvgIpc) is 3.24. The highest BCUT2D eigenvalue weighted by molar-refractivity contribution is 5.93. The number of nitrogens with one attached hydrogen (secondary N) is 1. The number of oxazole rings is 1. The summed E-state index contributed by atoms with van der Waals surface area (Å²) in [6, 6.07) is 14.6. The first kappa shape index (κ1) is 17.7. The fraction of sp³-hybridized carbons (Fsp3) is 0.200. The first-order valence-corrected chi connectivity index (χ1v) is 8.75. The molecule has 28 heavy (non-hydrogen) atoms. The Balaban J connectivity index is 1.58. The van der Waals surface area contributed by atoms with E-state index in [1.54, 1.807) is 32.2 Å². The van der Waals surface area contributed by atoms with E-state index >= 15 is 0 Å². The van der Waals surface area contributed by atoms with Gasteiger partial charge in [0.1, 0.15) is 0 Å². The Morgan fingerprint density at radius 2 is 1.93 bits per heavy atom. The predicted octanol–water partition coefficient (Wildman–Crippen LogP) is 2.98. The molecule has 0 fully saturated rings. The minimum absolute atomic E-state index is 0.133. The molecule has 4 rings (SSSR count). The third kappa shape index (κ3) is 3.44. The van der Waals surface area contributed by atoms with Gasteiger partial charge in [-0.05, 0) is 23.8 Å². The van der Waals surface area contributed by atoms with Crippen molar-refractivity contribution >= 4 is 22.7 Å². The van der Waals surface area contributed by atoms with Gasteiger partial charge >= 0.3 is 5.76 Å². The molecule has 4 aromatic rings. The van der Waals surface area contributed by atoms with Crippen LogP contribution in [0.5, 0.6) is 0 Å². The Labute approximate surface area is 159 Å². The van der Waals surface area contributed by atoms with E-state index in [1.807, 2.05) is 30.3 Å². The summed E-state index contributed by atoms with van der Waals surface area (Å²) in [6.07, 6.45) is 0.133. The van der Waals surface area contributed by atoms with Gasteiger partial charge in [-0.25, -0.2) is 4.79 Å². The lowest BCUT2D eigenvalue weighted by Crippen LogP contribution is -2.17. The van der Waals surface area contributed by atoms with Crippen LogP contribution in [0.4, 0.5) is 5.69 Å². The zero-order valence-corrected chi connectivity index (χ0v) is 15.4. The van der Waals surface area contributed by atoms with Gasteiger partial charge in [-0.15, -0.1) is 10.2 Å². The van der Waals surface area contributed by atoms with Crippen LogP contribution in [0.25, 0.3) is 11.1 Å². The highest BCUT2D eigenvalue weighted by Crippen LogP contribution is 2.28. The van der Waals surface area contributed by atoms with E-state index in [4.69, 9.17) is 8.83 Å². The van der Waals surface area contributed by atoms with Crippen LogP contribution >= 0.6 is 0 Å². The Morgan fingerprint density at radius 3 is 2.64 bits per heavy atom. The molecule has 1 N–H and O–H groups in total. The summed E-state index contributed by atoms with van der Waals surface area (Å²) in [5, 5.41) is 10.8. The van der Waals surface area contributed by atoms with Crippen LogP contribution < -0.4 is 11.1 Å². The van der Waals surface area contributed by atoms with E-state index < -0.39 is 5.76 Å². The van der Waals surface area contributed by atoms with Gasteiger partial charge < -0.3 is 14.2 Å². The Morgan fingerprint density at radius 1 is 1.14 bits per heavy atom. The second kappa shape index (κ2) is 7.15. The lowest BCUT2D eigenvalue weighted by Gasteiger charge is -2.13. The van der Waals surface area contributed by atoms with Gasteiger partial charge in [0.15, 0.2) is 5.58 Å². The van der Waals surface area contributed by atoms with Gasteiger partial charge in [0.05, 0.1) is 11.4 Å². The molecular formula is C20H18N4O4. The van der Waals surface area contributed by atoms with Gasteiger partial charge in [-0.3, -0.25) is 9.36 Å². The number of benzene rings is 2. The van der Waals surface area contributed by atoms with Crippen LogP contribution in [-0.4, -0.2) is 20.7 Å². The molecule has 2 heterocycles. The molecule has 8 nitrogen and oxygen atoms in total. The van der Waals surface area contributed by atoms with Crippen LogP contribution in [0.3, 0.4) is 0 Å². The van der Waals surface area contributed by atoms with Crippen molar-refractivity contribution in [2.45, 2.75) is 19.3 Å². The van der Waals surface area contributed by atoms with Gasteiger partial charge in [-0.1, -0.05) is 30.3 Å². The van der Waals surface area contributed by atoms with Crippen molar-refractivity contribution in [2.75, 3.05) is 5.32 Å². The molecule has 0 aliphatic rings. The molecule has 0 spiro atoms. The fourth-order valence-electron chi connectivity index (χ4n) is 3.09. The number of aryl methyl sites for hydroxylation is 2. The van der Waals surface area contributed by atoms with E-state index in [9.17, 15) is 9.59 Å². The second-order valence-electron chi connectivity index (χ2n) is 6.48. The van der Waals surface area contributed by atoms with Gasteiger partial charge in [0.25, 0.3) is 0 Å². The van der Waals surface area contributed by atoms with Crippen LogP contribution in [0, 0.1) is 6.92 Å². The molecule has 0 radical (unpaired) electrons. The maximum Gasteiger partial charge on any atom is 0.419 e. The summed E-state index contributed by atoms with van der Waals surface area (Å²) in [5.74, 6) is -0.175. The van der Waals surface area contributed by atoms with Crippen molar-refractivity contribution in [3.8, 4) is 0 Å². The topological polar surface area (TPSA) is 103 Å². The molecule has 142 valence electrons. The normalized spacial score (nSPS) is 12.2. The highest BCUT2D eigenvalue weighted by atomic mass is 16.4. The summed E-state index contributed by atoms with van der Waals surface area (Å²) in [6.45, 7) is 1.71. The lowest BCUT2D eigenvalue weighted by atomic mass is 9.95. The Hall–Kier alpha value is -3.68. The van der Waals surface area contributed by atoms with E-state index in [0.29, 0.717) is 28.6 Å². The summed E-state index contributed by atoms with van der Waals surface area (Å²) in [4.78, 5) is 24.3. The van der Waals surface area contributed by atoms with E-state index in [1.165, 1.54) is 4.57 Å². The van der Waals surface area contributed by atoms with E-state index in [0.717, 1.165) is 5.56 Å². The number of rotatable bonds is 5. The third-order valence-corrected chi connectivity index (χ3v) is 4.51. The number of nitrogens with zero attached hydrogens (tertiary/aromatic N) is 3. The second-order valence-corrected chi connectivity index (χ2v) is 6.48. The zero-order chi connectivity index (χ0) is 19.7. The summed E-state index contributed by atoms with van der Waals surface area (Å²) in [5.41, 5.74) is 2.56. The van der Waals surface area contributed by atoms with E-state index in [-0.39, 0.29) is 18.2 Å². The zero-order valence-electron chi connectivity index (χ0n) is 15.4. The maximum atomic E-state index is 12.7. The maximum absolute atomic E-state index is 12.7. The molecule has 0 aliphatic carbocycles. The predicted molar refractivity (Wildman–Crippen MR) is 102 cm³/mol. The molecule has 2 aromatic carbocycles. The lowest BCUT2D eigenvalue weighted by molar-refractivity contribution is -0.116. The largest absolute Gasteiger partial charge is 0.425 e. The minimum atomic E-state index is -0.450. The van der Waals surface area contributed by atoms with Crippen molar-refractivity contribution in [3.05, 3.63) is 76.4 Å². The number of carbonyl (C=O) groups excluding carboxylic acids is 1. The van der Waals surface area contributed by atoms with Crippen LogP contribution in [0.2, 0.25) is 0 Å². The third-order valence-electron chi connectivity index (χ3n) is 4.51. The molecular weight excluding hydrogens is 360 g/mol. The quantitative estimate of drug-likeness (QED) is 0.573. The molecule has 1 unspecified atom stereocenters. The fourth-order valence-corrected chi connectivity index (χ4v) is 3.09. The summed E-state index contributed by atoms with van der Waals surface area (Å²) >= 11 is 0. The minimum Gasteiger partial charge on any atom is -0.425 e. The van der Waals surface area contributed by atoms with E-state index in [2.05, 4.69) is 15.5 Å². The van der Waals surface area contributed by atoms with Crippen molar-refractivity contribution in [1.29, 1.82) is 0 Å². The average molecular weight is 378 g/mol. The number of amides is 1. The number of hydrogen-bond acceptors (Lipinski definition) is 6. The molecule has 0 aliphatic heterocycles. The molecule has 1 atom stereocenters. The highest BCUT2D eigenvalue weighted by Gasteiger charge is 2.23. The SMILES string of the molecule is Cc1nnc(C(CC(=O)Nc2ccc3oc(=O)n(C)c3c2)c2ccccc2)o1. The van der Waals surface area contributed by atoms with Crippen molar-refractivity contribution in [1.82, 2.24) is 14.8 Å².